The number of rotatable bonds is 4. The smallest absolute Gasteiger partial charge is 0.221 e. The molecule has 0 aliphatic heterocycles. The Labute approximate surface area is 72.1 Å². The van der Waals surface area contributed by atoms with Gasteiger partial charge in [0.25, 0.3) is 0 Å². The molecule has 0 spiro atoms. The van der Waals surface area contributed by atoms with Gasteiger partial charge in [0.1, 0.15) is 0 Å². The van der Waals surface area contributed by atoms with Crippen LogP contribution in [0, 0.1) is 0 Å². The number of nitrogens with two attached hydrogens (primary N) is 1. The van der Waals surface area contributed by atoms with E-state index in [-0.39, 0.29) is 5.91 Å². The number of hydrogen-bond donors (Lipinski definition) is 3. The first-order chi connectivity index (χ1) is 5.66. The van der Waals surface area contributed by atoms with Crippen molar-refractivity contribution >= 4 is 5.91 Å². The average molecular weight is 172 g/mol. The third-order valence-electron chi connectivity index (χ3n) is 2.27. The van der Waals surface area contributed by atoms with Gasteiger partial charge in [-0.15, -0.1) is 0 Å². The molecule has 4 nitrogen and oxygen atoms in total. The maximum atomic E-state index is 10.9. The maximum absolute atomic E-state index is 10.9. The Morgan fingerprint density at radius 3 is 2.67 bits per heavy atom. The summed E-state index contributed by atoms with van der Waals surface area (Å²) in [5.74, 6) is -0.0715. The van der Waals surface area contributed by atoms with Gasteiger partial charge >= 0.3 is 0 Å². The van der Waals surface area contributed by atoms with Crippen molar-refractivity contribution in [1.29, 1.82) is 0 Å². The van der Waals surface area contributed by atoms with Gasteiger partial charge in [0, 0.05) is 19.5 Å². The maximum Gasteiger partial charge on any atom is 0.221 e. The molecular weight excluding hydrogens is 156 g/mol. The molecule has 1 amide bonds. The minimum atomic E-state index is -0.621. The van der Waals surface area contributed by atoms with Crippen molar-refractivity contribution < 1.29 is 9.90 Å². The molecule has 0 aromatic rings. The van der Waals surface area contributed by atoms with Crippen LogP contribution in [0.25, 0.3) is 0 Å². The molecule has 1 saturated carbocycles. The highest BCUT2D eigenvalue weighted by molar-refractivity contribution is 5.76. The molecule has 1 aliphatic carbocycles. The van der Waals surface area contributed by atoms with Crippen molar-refractivity contribution in [3.8, 4) is 0 Å². The third-order valence-corrected chi connectivity index (χ3v) is 2.27. The topological polar surface area (TPSA) is 75.4 Å². The summed E-state index contributed by atoms with van der Waals surface area (Å²) in [6.07, 6.45) is 3.01. The van der Waals surface area contributed by atoms with Gasteiger partial charge in [-0.2, -0.15) is 0 Å². The molecule has 0 radical (unpaired) electrons. The van der Waals surface area contributed by atoms with Gasteiger partial charge in [-0.25, -0.2) is 0 Å². The highest BCUT2D eigenvalue weighted by Gasteiger charge is 2.34. The number of amides is 1. The fraction of sp³-hybridized carbons (Fsp3) is 0.875. The van der Waals surface area contributed by atoms with Gasteiger partial charge in [0.2, 0.25) is 5.91 Å². The molecule has 0 saturated heterocycles. The lowest BCUT2D eigenvalue weighted by molar-refractivity contribution is -0.123. The largest absolute Gasteiger partial charge is 0.388 e. The van der Waals surface area contributed by atoms with E-state index in [4.69, 9.17) is 5.73 Å². The minimum absolute atomic E-state index is 0.0715. The summed E-state index contributed by atoms with van der Waals surface area (Å²) in [5, 5.41) is 12.2. The molecule has 0 heterocycles. The van der Waals surface area contributed by atoms with E-state index in [1.807, 2.05) is 0 Å². The van der Waals surface area contributed by atoms with Gasteiger partial charge in [0.05, 0.1) is 5.60 Å². The Morgan fingerprint density at radius 1 is 1.58 bits per heavy atom. The first-order valence-corrected chi connectivity index (χ1v) is 4.35. The Kier molecular flexibility index (Phi) is 3.05. The van der Waals surface area contributed by atoms with E-state index < -0.39 is 5.60 Å². The molecule has 1 fully saturated rings. The zero-order chi connectivity index (χ0) is 9.03. The SMILES string of the molecule is NCCC(=O)NCC1(O)CCC1. The number of nitrogens with one attached hydrogen (secondary N) is 1. The number of aliphatic hydroxyl groups is 1. The Hall–Kier alpha value is -0.610. The summed E-state index contributed by atoms with van der Waals surface area (Å²) in [6.45, 7) is 0.746. The standard InChI is InChI=1S/C8H16N2O2/c9-5-2-7(11)10-6-8(12)3-1-4-8/h12H,1-6,9H2,(H,10,11). The molecule has 12 heavy (non-hydrogen) atoms. The summed E-state index contributed by atoms with van der Waals surface area (Å²) in [7, 11) is 0. The highest BCUT2D eigenvalue weighted by Crippen LogP contribution is 2.30. The van der Waals surface area contributed by atoms with Crippen LogP contribution < -0.4 is 11.1 Å². The molecular formula is C8H16N2O2. The van der Waals surface area contributed by atoms with Crippen LogP contribution in [0.3, 0.4) is 0 Å². The predicted molar refractivity (Wildman–Crippen MR) is 45.5 cm³/mol. The quantitative estimate of drug-likeness (QED) is 0.528. The van der Waals surface area contributed by atoms with Gasteiger partial charge in [-0.05, 0) is 19.3 Å². The fourth-order valence-corrected chi connectivity index (χ4v) is 1.24. The van der Waals surface area contributed by atoms with Crippen LogP contribution in [0.5, 0.6) is 0 Å². The molecule has 4 heteroatoms. The van der Waals surface area contributed by atoms with Crippen LogP contribution in [0.4, 0.5) is 0 Å². The van der Waals surface area contributed by atoms with Crippen molar-refractivity contribution in [1.82, 2.24) is 5.32 Å². The zero-order valence-electron chi connectivity index (χ0n) is 7.18. The van der Waals surface area contributed by atoms with E-state index in [0.29, 0.717) is 19.5 Å². The van der Waals surface area contributed by atoms with Crippen molar-refractivity contribution in [2.24, 2.45) is 5.73 Å². The zero-order valence-corrected chi connectivity index (χ0v) is 7.18. The van der Waals surface area contributed by atoms with E-state index in [0.717, 1.165) is 19.3 Å². The summed E-state index contributed by atoms with van der Waals surface area (Å²) in [4.78, 5) is 10.9. The van der Waals surface area contributed by atoms with Crippen LogP contribution in [0.15, 0.2) is 0 Å². The Bertz CT molecular complexity index is 166. The second-order valence-electron chi connectivity index (χ2n) is 3.39. The number of carbonyl (C=O) groups is 1. The van der Waals surface area contributed by atoms with Gasteiger partial charge in [-0.1, -0.05) is 0 Å². The van der Waals surface area contributed by atoms with E-state index in [2.05, 4.69) is 5.32 Å². The lowest BCUT2D eigenvalue weighted by atomic mass is 9.80. The second-order valence-corrected chi connectivity index (χ2v) is 3.39. The average Bonchev–Trinajstić information content (AvgIpc) is 1.98. The molecule has 4 N–H and O–H groups in total. The molecule has 1 aliphatic rings. The normalized spacial score (nSPS) is 19.8. The summed E-state index contributed by atoms with van der Waals surface area (Å²) >= 11 is 0. The van der Waals surface area contributed by atoms with Crippen molar-refractivity contribution in [3.05, 3.63) is 0 Å². The molecule has 70 valence electrons. The predicted octanol–water partition coefficient (Wildman–Crippen LogP) is -0.634. The lowest BCUT2D eigenvalue weighted by Crippen LogP contribution is -2.48. The van der Waals surface area contributed by atoms with Crippen molar-refractivity contribution in [2.75, 3.05) is 13.1 Å². The monoisotopic (exact) mass is 172 g/mol. The fourth-order valence-electron chi connectivity index (χ4n) is 1.24. The lowest BCUT2D eigenvalue weighted by Gasteiger charge is -2.36. The van der Waals surface area contributed by atoms with Crippen LogP contribution in [-0.4, -0.2) is 29.7 Å². The van der Waals surface area contributed by atoms with Gasteiger partial charge < -0.3 is 16.2 Å². The molecule has 0 aromatic carbocycles. The van der Waals surface area contributed by atoms with Crippen LogP contribution >= 0.6 is 0 Å². The van der Waals surface area contributed by atoms with Gasteiger partial charge in [-0.3, -0.25) is 4.79 Å². The Balaban J connectivity index is 2.12. The van der Waals surface area contributed by atoms with E-state index in [1.54, 1.807) is 0 Å². The number of carbonyl (C=O) groups excluding carboxylic acids is 1. The molecule has 0 aromatic heterocycles. The second kappa shape index (κ2) is 3.87. The highest BCUT2D eigenvalue weighted by atomic mass is 16.3. The first-order valence-electron chi connectivity index (χ1n) is 4.35. The Morgan fingerprint density at radius 2 is 2.25 bits per heavy atom. The van der Waals surface area contributed by atoms with E-state index in [9.17, 15) is 9.90 Å². The molecule has 0 unspecified atom stereocenters. The number of hydrogen-bond acceptors (Lipinski definition) is 3. The third kappa shape index (κ3) is 2.46. The minimum Gasteiger partial charge on any atom is -0.388 e. The molecule has 0 atom stereocenters. The van der Waals surface area contributed by atoms with Crippen molar-refractivity contribution in [3.63, 3.8) is 0 Å². The van der Waals surface area contributed by atoms with Crippen LogP contribution in [-0.2, 0) is 4.79 Å². The van der Waals surface area contributed by atoms with E-state index >= 15 is 0 Å². The first kappa shape index (κ1) is 9.48. The summed E-state index contributed by atoms with van der Waals surface area (Å²) in [5.41, 5.74) is 4.57. The van der Waals surface area contributed by atoms with Gasteiger partial charge in [0.15, 0.2) is 0 Å². The van der Waals surface area contributed by atoms with Crippen LogP contribution in [0.2, 0.25) is 0 Å². The summed E-state index contributed by atoms with van der Waals surface area (Å²) < 4.78 is 0. The summed E-state index contributed by atoms with van der Waals surface area (Å²) in [6, 6.07) is 0. The molecule has 1 rings (SSSR count). The van der Waals surface area contributed by atoms with E-state index in [1.165, 1.54) is 0 Å². The molecule has 0 bridgehead atoms. The van der Waals surface area contributed by atoms with Crippen molar-refractivity contribution in [2.45, 2.75) is 31.3 Å². The van der Waals surface area contributed by atoms with Crippen LogP contribution in [0.1, 0.15) is 25.7 Å².